The first-order valence-electron chi connectivity index (χ1n) is 4.78. The quantitative estimate of drug-likeness (QED) is 0.453. The summed E-state index contributed by atoms with van der Waals surface area (Å²) in [5.74, 6) is -1.52. The number of rotatable bonds is 6. The van der Waals surface area contributed by atoms with Crippen LogP contribution in [0.25, 0.3) is 0 Å². The molecule has 0 spiro atoms. The maximum atomic E-state index is 11.3. The minimum absolute atomic E-state index is 0.287. The van der Waals surface area contributed by atoms with E-state index in [1.54, 1.807) is 0 Å². The predicted molar refractivity (Wildman–Crippen MR) is 54.1 cm³/mol. The first-order chi connectivity index (χ1) is 6.84. The standard InChI is InChI=1S/C9H18N2O4/c1-5(2)3-6(10)8(13)11-4-7(12)9(14)15/h5-7,12H,3-4,10H2,1-2H3,(H,11,13)(H,14,15)/t6-,7+/m1/s1. The summed E-state index contributed by atoms with van der Waals surface area (Å²) in [5.41, 5.74) is 5.54. The van der Waals surface area contributed by atoms with Crippen LogP contribution in [0.1, 0.15) is 20.3 Å². The second-order valence-electron chi connectivity index (χ2n) is 3.84. The van der Waals surface area contributed by atoms with Gasteiger partial charge in [-0.25, -0.2) is 4.79 Å². The van der Waals surface area contributed by atoms with Crippen LogP contribution in [-0.2, 0) is 9.59 Å². The van der Waals surface area contributed by atoms with Crippen molar-refractivity contribution in [3.05, 3.63) is 0 Å². The van der Waals surface area contributed by atoms with Crippen LogP contribution < -0.4 is 11.1 Å². The predicted octanol–water partition coefficient (Wildman–Crippen LogP) is -1.08. The highest BCUT2D eigenvalue weighted by Crippen LogP contribution is 2.02. The van der Waals surface area contributed by atoms with E-state index >= 15 is 0 Å². The lowest BCUT2D eigenvalue weighted by Crippen LogP contribution is -2.45. The summed E-state index contributed by atoms with van der Waals surface area (Å²) in [7, 11) is 0. The Hall–Kier alpha value is -1.14. The molecule has 0 fully saturated rings. The number of aliphatic carboxylic acids is 1. The molecule has 6 heteroatoms. The lowest BCUT2D eigenvalue weighted by molar-refractivity contribution is -0.146. The molecule has 0 aromatic heterocycles. The van der Waals surface area contributed by atoms with E-state index in [-0.39, 0.29) is 12.5 Å². The van der Waals surface area contributed by atoms with Crippen molar-refractivity contribution in [3.8, 4) is 0 Å². The molecular formula is C9H18N2O4. The number of hydrogen-bond donors (Lipinski definition) is 4. The SMILES string of the molecule is CC(C)C[C@@H](N)C(=O)NC[C@H](O)C(=O)O. The van der Waals surface area contributed by atoms with E-state index in [0.29, 0.717) is 6.42 Å². The van der Waals surface area contributed by atoms with Crippen LogP contribution in [0.15, 0.2) is 0 Å². The summed E-state index contributed by atoms with van der Waals surface area (Å²) in [4.78, 5) is 21.5. The van der Waals surface area contributed by atoms with Crippen LogP contribution in [0.3, 0.4) is 0 Å². The van der Waals surface area contributed by atoms with E-state index in [4.69, 9.17) is 15.9 Å². The van der Waals surface area contributed by atoms with E-state index in [2.05, 4.69) is 5.32 Å². The van der Waals surface area contributed by atoms with Gasteiger partial charge in [0.1, 0.15) is 0 Å². The minimum Gasteiger partial charge on any atom is -0.479 e. The lowest BCUT2D eigenvalue weighted by Gasteiger charge is -2.14. The minimum atomic E-state index is -1.58. The smallest absolute Gasteiger partial charge is 0.334 e. The third-order valence-electron chi connectivity index (χ3n) is 1.82. The normalized spacial score (nSPS) is 14.7. The van der Waals surface area contributed by atoms with Gasteiger partial charge in [0, 0.05) is 0 Å². The number of amides is 1. The zero-order valence-corrected chi connectivity index (χ0v) is 8.93. The summed E-state index contributed by atoms with van der Waals surface area (Å²) in [6.45, 7) is 3.54. The van der Waals surface area contributed by atoms with Crippen LogP contribution in [0.4, 0.5) is 0 Å². The molecule has 0 aliphatic carbocycles. The van der Waals surface area contributed by atoms with Crippen molar-refractivity contribution in [1.82, 2.24) is 5.32 Å². The zero-order chi connectivity index (χ0) is 12.0. The number of aliphatic hydroxyl groups excluding tert-OH is 1. The van der Waals surface area contributed by atoms with Crippen molar-refractivity contribution >= 4 is 11.9 Å². The number of carboxylic acids is 1. The molecular weight excluding hydrogens is 200 g/mol. The molecule has 2 atom stereocenters. The molecule has 0 rings (SSSR count). The van der Waals surface area contributed by atoms with Gasteiger partial charge in [-0.05, 0) is 12.3 Å². The van der Waals surface area contributed by atoms with Gasteiger partial charge in [-0.2, -0.15) is 0 Å². The van der Waals surface area contributed by atoms with Gasteiger partial charge in [-0.1, -0.05) is 13.8 Å². The van der Waals surface area contributed by atoms with Crippen LogP contribution in [0.5, 0.6) is 0 Å². The van der Waals surface area contributed by atoms with Gasteiger partial charge in [0.15, 0.2) is 6.10 Å². The highest BCUT2D eigenvalue weighted by molar-refractivity contribution is 5.82. The highest BCUT2D eigenvalue weighted by atomic mass is 16.4. The third kappa shape index (κ3) is 6.03. The summed E-state index contributed by atoms with van der Waals surface area (Å²) in [5, 5.41) is 19.5. The average Bonchev–Trinajstić information content (AvgIpc) is 2.12. The Balaban J connectivity index is 3.88. The highest BCUT2D eigenvalue weighted by Gasteiger charge is 2.18. The van der Waals surface area contributed by atoms with Crippen LogP contribution >= 0.6 is 0 Å². The van der Waals surface area contributed by atoms with E-state index in [1.807, 2.05) is 13.8 Å². The van der Waals surface area contributed by atoms with Gasteiger partial charge in [-0.15, -0.1) is 0 Å². The Morgan fingerprint density at radius 2 is 1.93 bits per heavy atom. The first-order valence-corrected chi connectivity index (χ1v) is 4.78. The maximum Gasteiger partial charge on any atom is 0.334 e. The number of aliphatic hydroxyl groups is 1. The first kappa shape index (κ1) is 13.9. The number of hydrogen-bond acceptors (Lipinski definition) is 4. The Kier molecular flexibility index (Phi) is 5.88. The molecule has 0 aromatic carbocycles. The molecule has 0 saturated heterocycles. The third-order valence-corrected chi connectivity index (χ3v) is 1.82. The Morgan fingerprint density at radius 1 is 1.40 bits per heavy atom. The second kappa shape index (κ2) is 6.36. The molecule has 0 heterocycles. The molecule has 0 aliphatic rings. The Morgan fingerprint density at radius 3 is 2.33 bits per heavy atom. The van der Waals surface area contributed by atoms with E-state index < -0.39 is 24.0 Å². The van der Waals surface area contributed by atoms with Gasteiger partial charge in [0.05, 0.1) is 12.6 Å². The average molecular weight is 218 g/mol. The fourth-order valence-corrected chi connectivity index (χ4v) is 1.03. The largest absolute Gasteiger partial charge is 0.479 e. The van der Waals surface area contributed by atoms with Gasteiger partial charge >= 0.3 is 5.97 Å². The fraction of sp³-hybridized carbons (Fsp3) is 0.778. The molecule has 0 aliphatic heterocycles. The van der Waals surface area contributed by atoms with Crippen molar-refractivity contribution in [2.75, 3.05) is 6.54 Å². The van der Waals surface area contributed by atoms with E-state index in [1.165, 1.54) is 0 Å². The topological polar surface area (TPSA) is 113 Å². The zero-order valence-electron chi connectivity index (χ0n) is 8.93. The van der Waals surface area contributed by atoms with Gasteiger partial charge in [0.25, 0.3) is 0 Å². The van der Waals surface area contributed by atoms with Crippen LogP contribution in [0, 0.1) is 5.92 Å². The Bertz CT molecular complexity index is 230. The molecule has 0 radical (unpaired) electrons. The number of nitrogens with two attached hydrogens (primary N) is 1. The molecule has 0 bridgehead atoms. The molecule has 0 unspecified atom stereocenters. The second-order valence-corrected chi connectivity index (χ2v) is 3.84. The molecule has 88 valence electrons. The summed E-state index contributed by atoms with van der Waals surface area (Å²) in [6, 6.07) is -0.661. The van der Waals surface area contributed by atoms with Gasteiger partial charge in [0.2, 0.25) is 5.91 Å². The number of nitrogens with one attached hydrogen (secondary N) is 1. The number of carbonyl (C=O) groups excluding carboxylic acids is 1. The summed E-state index contributed by atoms with van der Waals surface area (Å²) < 4.78 is 0. The van der Waals surface area contributed by atoms with Gasteiger partial charge in [-0.3, -0.25) is 4.79 Å². The lowest BCUT2D eigenvalue weighted by atomic mass is 10.0. The van der Waals surface area contributed by atoms with Gasteiger partial charge < -0.3 is 21.3 Å². The number of carboxylic acid groups (broad SMARTS) is 1. The molecule has 6 nitrogen and oxygen atoms in total. The molecule has 0 aromatic rings. The van der Waals surface area contributed by atoms with Crippen molar-refractivity contribution in [2.45, 2.75) is 32.4 Å². The van der Waals surface area contributed by atoms with Crippen molar-refractivity contribution < 1.29 is 19.8 Å². The van der Waals surface area contributed by atoms with Crippen molar-refractivity contribution in [2.24, 2.45) is 11.7 Å². The van der Waals surface area contributed by atoms with Crippen molar-refractivity contribution in [1.29, 1.82) is 0 Å². The summed E-state index contributed by atoms with van der Waals surface area (Å²) >= 11 is 0. The molecule has 5 N–H and O–H groups in total. The maximum absolute atomic E-state index is 11.3. The fourth-order valence-electron chi connectivity index (χ4n) is 1.03. The summed E-state index contributed by atoms with van der Waals surface area (Å²) in [6.07, 6.45) is -1.06. The molecule has 1 amide bonds. The Labute approximate surface area is 88.5 Å². The van der Waals surface area contributed by atoms with E-state index in [0.717, 1.165) is 0 Å². The van der Waals surface area contributed by atoms with E-state index in [9.17, 15) is 9.59 Å². The molecule has 0 saturated carbocycles. The van der Waals surface area contributed by atoms with Crippen LogP contribution in [-0.4, -0.2) is 40.8 Å². The van der Waals surface area contributed by atoms with Crippen molar-refractivity contribution in [3.63, 3.8) is 0 Å². The van der Waals surface area contributed by atoms with Crippen LogP contribution in [0.2, 0.25) is 0 Å². The molecule has 15 heavy (non-hydrogen) atoms. The monoisotopic (exact) mass is 218 g/mol. The number of carbonyl (C=O) groups is 2.